The first kappa shape index (κ1) is 10.8. The number of rotatable bonds is 2. The minimum absolute atomic E-state index is 0.117. The van der Waals surface area contributed by atoms with Gasteiger partial charge in [-0.05, 0) is 43.0 Å². The maximum atomic E-state index is 11.5. The molecule has 0 bridgehead atoms. The predicted molar refractivity (Wildman–Crippen MR) is 59.7 cm³/mol. The van der Waals surface area contributed by atoms with Crippen molar-refractivity contribution < 1.29 is 4.79 Å². The molecule has 1 aromatic carbocycles. The molecule has 2 heteroatoms. The van der Waals surface area contributed by atoms with Gasteiger partial charge in [0.1, 0.15) is 0 Å². The van der Waals surface area contributed by atoms with Gasteiger partial charge in [-0.2, -0.15) is 0 Å². The molecule has 0 saturated carbocycles. The van der Waals surface area contributed by atoms with Crippen LogP contribution in [0, 0.1) is 6.92 Å². The summed E-state index contributed by atoms with van der Waals surface area (Å²) in [6.45, 7) is 7.67. The topological polar surface area (TPSA) is 43.1 Å². The largest absolute Gasteiger partial charge is 0.399 e. The van der Waals surface area contributed by atoms with E-state index in [4.69, 9.17) is 5.73 Å². The van der Waals surface area contributed by atoms with Gasteiger partial charge < -0.3 is 5.73 Å². The fraction of sp³-hybridized carbons (Fsp3) is 0.417. The first-order chi connectivity index (χ1) is 6.43. The number of ketones is 1. The van der Waals surface area contributed by atoms with Gasteiger partial charge in [0.25, 0.3) is 0 Å². The zero-order valence-corrected chi connectivity index (χ0v) is 9.22. The van der Waals surface area contributed by atoms with Gasteiger partial charge in [0.2, 0.25) is 0 Å². The first-order valence-corrected chi connectivity index (χ1v) is 4.84. The van der Waals surface area contributed by atoms with Gasteiger partial charge in [-0.3, -0.25) is 4.79 Å². The van der Waals surface area contributed by atoms with Crippen molar-refractivity contribution in [1.82, 2.24) is 0 Å². The fourth-order valence-electron chi connectivity index (χ4n) is 1.78. The Bertz CT molecular complexity index is 367. The van der Waals surface area contributed by atoms with Gasteiger partial charge in [-0.25, -0.2) is 0 Å². The summed E-state index contributed by atoms with van der Waals surface area (Å²) in [5.74, 6) is 0.447. The molecule has 76 valence electrons. The van der Waals surface area contributed by atoms with Crippen molar-refractivity contribution in [2.24, 2.45) is 0 Å². The Morgan fingerprint density at radius 3 is 2.36 bits per heavy atom. The van der Waals surface area contributed by atoms with E-state index in [1.807, 2.05) is 19.1 Å². The number of nitrogen functional groups attached to an aromatic ring is 1. The molecule has 2 nitrogen and oxygen atoms in total. The monoisotopic (exact) mass is 191 g/mol. The highest BCUT2D eigenvalue weighted by Crippen LogP contribution is 2.25. The number of carbonyl (C=O) groups is 1. The molecule has 0 spiro atoms. The summed E-state index contributed by atoms with van der Waals surface area (Å²) in [7, 11) is 0. The molecule has 1 aromatic rings. The van der Waals surface area contributed by atoms with Crippen LogP contribution < -0.4 is 5.73 Å². The first-order valence-electron chi connectivity index (χ1n) is 4.84. The second kappa shape index (κ2) is 3.82. The maximum absolute atomic E-state index is 11.5. The molecule has 0 heterocycles. The van der Waals surface area contributed by atoms with Gasteiger partial charge >= 0.3 is 0 Å². The van der Waals surface area contributed by atoms with Gasteiger partial charge in [0.15, 0.2) is 5.78 Å². The van der Waals surface area contributed by atoms with Gasteiger partial charge in [-0.1, -0.05) is 13.8 Å². The van der Waals surface area contributed by atoms with E-state index < -0.39 is 0 Å². The Morgan fingerprint density at radius 2 is 1.93 bits per heavy atom. The number of carbonyl (C=O) groups excluding carboxylic acids is 1. The SMILES string of the molecule is CC(=O)c1c(C)cc(N)cc1C(C)C. The van der Waals surface area contributed by atoms with E-state index in [1.54, 1.807) is 6.92 Å². The summed E-state index contributed by atoms with van der Waals surface area (Å²) in [5, 5.41) is 0. The van der Waals surface area contributed by atoms with Crippen LogP contribution in [-0.4, -0.2) is 5.78 Å². The average molecular weight is 191 g/mol. The Kier molecular flexibility index (Phi) is 2.94. The van der Waals surface area contributed by atoms with E-state index in [-0.39, 0.29) is 5.78 Å². The minimum atomic E-state index is 0.117. The highest BCUT2D eigenvalue weighted by Gasteiger charge is 2.13. The van der Waals surface area contributed by atoms with Crippen LogP contribution >= 0.6 is 0 Å². The Morgan fingerprint density at radius 1 is 1.36 bits per heavy atom. The van der Waals surface area contributed by atoms with Gasteiger partial charge in [0.05, 0.1) is 0 Å². The maximum Gasteiger partial charge on any atom is 0.160 e. The Balaban J connectivity index is 3.44. The number of hydrogen-bond acceptors (Lipinski definition) is 2. The van der Waals surface area contributed by atoms with E-state index in [1.165, 1.54) is 0 Å². The van der Waals surface area contributed by atoms with E-state index in [9.17, 15) is 4.79 Å². The molecular weight excluding hydrogens is 174 g/mol. The van der Waals surface area contributed by atoms with Crippen molar-refractivity contribution >= 4 is 11.5 Å². The summed E-state index contributed by atoms with van der Waals surface area (Å²) in [6, 6.07) is 3.75. The molecule has 0 aromatic heterocycles. The second-order valence-corrected chi connectivity index (χ2v) is 4.01. The molecular formula is C12H17NO. The highest BCUT2D eigenvalue weighted by atomic mass is 16.1. The molecule has 0 aliphatic rings. The van der Waals surface area contributed by atoms with Crippen molar-refractivity contribution in [3.05, 3.63) is 28.8 Å². The van der Waals surface area contributed by atoms with Crippen LogP contribution in [0.4, 0.5) is 5.69 Å². The van der Waals surface area contributed by atoms with Crippen LogP contribution in [0.5, 0.6) is 0 Å². The number of benzene rings is 1. The lowest BCUT2D eigenvalue weighted by Crippen LogP contribution is -2.05. The summed E-state index contributed by atoms with van der Waals surface area (Å²) in [6.07, 6.45) is 0. The fourth-order valence-corrected chi connectivity index (χ4v) is 1.78. The zero-order chi connectivity index (χ0) is 10.9. The van der Waals surface area contributed by atoms with Crippen LogP contribution in [0.25, 0.3) is 0 Å². The van der Waals surface area contributed by atoms with Crippen LogP contribution in [0.1, 0.15) is 48.2 Å². The molecule has 14 heavy (non-hydrogen) atoms. The number of Topliss-reactive ketones (excluding diaryl/α,β-unsaturated/α-hetero) is 1. The molecule has 2 N–H and O–H groups in total. The molecule has 0 aliphatic carbocycles. The molecule has 0 aliphatic heterocycles. The van der Waals surface area contributed by atoms with Gasteiger partial charge in [-0.15, -0.1) is 0 Å². The number of aryl methyl sites for hydroxylation is 1. The van der Waals surface area contributed by atoms with Crippen molar-refractivity contribution in [1.29, 1.82) is 0 Å². The van der Waals surface area contributed by atoms with E-state index in [2.05, 4.69) is 13.8 Å². The van der Waals surface area contributed by atoms with Crippen LogP contribution in [0.3, 0.4) is 0 Å². The van der Waals surface area contributed by atoms with E-state index in [0.717, 1.165) is 22.4 Å². The normalized spacial score (nSPS) is 10.6. The molecule has 0 atom stereocenters. The standard InChI is InChI=1S/C12H17NO/c1-7(2)11-6-10(13)5-8(3)12(11)9(4)14/h5-7H,13H2,1-4H3. The lowest BCUT2D eigenvalue weighted by atomic mass is 9.91. The predicted octanol–water partition coefficient (Wildman–Crippen LogP) is 2.90. The number of anilines is 1. The number of hydrogen-bond donors (Lipinski definition) is 1. The third-order valence-corrected chi connectivity index (χ3v) is 2.36. The van der Waals surface area contributed by atoms with Crippen molar-refractivity contribution in [3.8, 4) is 0 Å². The van der Waals surface area contributed by atoms with Crippen LogP contribution in [0.15, 0.2) is 12.1 Å². The van der Waals surface area contributed by atoms with E-state index in [0.29, 0.717) is 5.92 Å². The average Bonchev–Trinajstić information content (AvgIpc) is 2.01. The highest BCUT2D eigenvalue weighted by molar-refractivity contribution is 5.97. The quantitative estimate of drug-likeness (QED) is 0.577. The minimum Gasteiger partial charge on any atom is -0.399 e. The summed E-state index contributed by atoms with van der Waals surface area (Å²) >= 11 is 0. The summed E-state index contributed by atoms with van der Waals surface area (Å²) < 4.78 is 0. The summed E-state index contributed by atoms with van der Waals surface area (Å²) in [4.78, 5) is 11.5. The van der Waals surface area contributed by atoms with Gasteiger partial charge in [0, 0.05) is 11.3 Å². The van der Waals surface area contributed by atoms with E-state index >= 15 is 0 Å². The number of nitrogens with two attached hydrogens (primary N) is 1. The zero-order valence-electron chi connectivity index (χ0n) is 9.22. The van der Waals surface area contributed by atoms with Crippen LogP contribution in [0.2, 0.25) is 0 Å². The summed E-state index contributed by atoms with van der Waals surface area (Å²) in [5.41, 5.74) is 9.34. The Labute approximate surface area is 85.1 Å². The molecule has 0 radical (unpaired) electrons. The van der Waals surface area contributed by atoms with Crippen molar-refractivity contribution in [2.45, 2.75) is 33.6 Å². The molecule has 0 saturated heterocycles. The third-order valence-electron chi connectivity index (χ3n) is 2.36. The smallest absolute Gasteiger partial charge is 0.160 e. The molecule has 0 unspecified atom stereocenters. The Hall–Kier alpha value is -1.31. The molecule has 0 fully saturated rings. The second-order valence-electron chi connectivity index (χ2n) is 4.01. The van der Waals surface area contributed by atoms with Crippen molar-refractivity contribution in [2.75, 3.05) is 5.73 Å². The molecule has 0 amide bonds. The lowest BCUT2D eigenvalue weighted by Gasteiger charge is -2.14. The van der Waals surface area contributed by atoms with Crippen molar-refractivity contribution in [3.63, 3.8) is 0 Å². The third kappa shape index (κ3) is 1.95. The lowest BCUT2D eigenvalue weighted by molar-refractivity contribution is 0.101. The van der Waals surface area contributed by atoms with Crippen LogP contribution in [-0.2, 0) is 0 Å². The molecule has 1 rings (SSSR count).